The number of nitrogens with one attached hydrogen (secondary N) is 2. The Morgan fingerprint density at radius 3 is 2.28 bits per heavy atom. The summed E-state index contributed by atoms with van der Waals surface area (Å²) in [5, 5.41) is 14.6. The molecule has 29 heavy (non-hydrogen) atoms. The topological polar surface area (TPSA) is 98.7 Å². The second-order valence-corrected chi connectivity index (χ2v) is 6.82. The lowest BCUT2D eigenvalue weighted by Crippen LogP contribution is -2.46. The minimum atomic E-state index is -0.989. The number of carbonyl (C=O) groups excluding carboxylic acids is 2. The summed E-state index contributed by atoms with van der Waals surface area (Å²) in [6.45, 7) is 4.63. The lowest BCUT2D eigenvalue weighted by molar-refractivity contribution is -0.117. The van der Waals surface area contributed by atoms with E-state index in [0.29, 0.717) is 6.54 Å². The molecule has 2 aromatic rings. The summed E-state index contributed by atoms with van der Waals surface area (Å²) < 4.78 is 0. The summed E-state index contributed by atoms with van der Waals surface area (Å²) in [5.41, 5.74) is 1.72. The number of amides is 3. The average molecular weight is 397 g/mol. The van der Waals surface area contributed by atoms with Crippen LogP contribution in [0.5, 0.6) is 0 Å². The number of para-hydroxylation sites is 1. The number of aromatic carboxylic acids is 1. The van der Waals surface area contributed by atoms with Crippen LogP contribution in [-0.2, 0) is 11.3 Å². The molecule has 0 radical (unpaired) electrons. The molecular weight excluding hydrogens is 370 g/mol. The molecule has 7 heteroatoms. The van der Waals surface area contributed by atoms with Gasteiger partial charge in [0.05, 0.1) is 5.56 Å². The predicted molar refractivity (Wildman–Crippen MR) is 112 cm³/mol. The lowest BCUT2D eigenvalue weighted by atomic mass is 10.1. The predicted octanol–water partition coefficient (Wildman–Crippen LogP) is 3.72. The van der Waals surface area contributed by atoms with Crippen molar-refractivity contribution in [2.45, 2.75) is 39.3 Å². The van der Waals surface area contributed by atoms with Gasteiger partial charge in [0.25, 0.3) is 0 Å². The zero-order valence-electron chi connectivity index (χ0n) is 16.7. The molecule has 3 amide bonds. The quantitative estimate of drug-likeness (QED) is 0.600. The van der Waals surface area contributed by atoms with Crippen LogP contribution in [0.15, 0.2) is 54.6 Å². The Hall–Kier alpha value is -3.35. The molecule has 0 bridgehead atoms. The van der Waals surface area contributed by atoms with Crippen LogP contribution in [0.2, 0.25) is 0 Å². The standard InChI is InChI=1S/C22H27N3O4/c1-3-13-25(16(2)14-20(26)24-19-7-5-4-6-8-19)22(29)23-15-17-9-11-18(12-10-17)21(27)28/h4-12,16H,3,13-15H2,1-2H3,(H,23,29)(H,24,26)(H,27,28). The van der Waals surface area contributed by atoms with Crippen LogP contribution in [-0.4, -0.2) is 40.5 Å². The van der Waals surface area contributed by atoms with Crippen molar-refractivity contribution < 1.29 is 19.5 Å². The van der Waals surface area contributed by atoms with E-state index in [1.807, 2.05) is 44.2 Å². The molecule has 0 aliphatic rings. The minimum absolute atomic E-state index is 0.151. The summed E-state index contributed by atoms with van der Waals surface area (Å²) in [4.78, 5) is 37.5. The maximum atomic E-state index is 12.7. The van der Waals surface area contributed by atoms with Gasteiger partial charge < -0.3 is 20.6 Å². The summed E-state index contributed by atoms with van der Waals surface area (Å²) in [7, 11) is 0. The van der Waals surface area contributed by atoms with E-state index >= 15 is 0 Å². The molecule has 0 heterocycles. The Morgan fingerprint density at radius 1 is 1.03 bits per heavy atom. The molecule has 0 aliphatic carbocycles. The van der Waals surface area contributed by atoms with E-state index in [1.54, 1.807) is 17.0 Å². The number of benzene rings is 2. The second-order valence-electron chi connectivity index (χ2n) is 6.82. The SMILES string of the molecule is CCCN(C(=O)NCc1ccc(C(=O)O)cc1)C(C)CC(=O)Nc1ccccc1. The van der Waals surface area contributed by atoms with Gasteiger partial charge in [-0.2, -0.15) is 0 Å². The fraction of sp³-hybridized carbons (Fsp3) is 0.318. The molecule has 2 rings (SSSR count). The number of carboxylic acid groups (broad SMARTS) is 1. The molecule has 154 valence electrons. The van der Waals surface area contributed by atoms with E-state index in [1.165, 1.54) is 12.1 Å². The highest BCUT2D eigenvalue weighted by Gasteiger charge is 2.21. The van der Waals surface area contributed by atoms with Crippen molar-refractivity contribution in [2.75, 3.05) is 11.9 Å². The van der Waals surface area contributed by atoms with Gasteiger partial charge in [0.2, 0.25) is 5.91 Å². The monoisotopic (exact) mass is 397 g/mol. The van der Waals surface area contributed by atoms with Crippen LogP contribution in [0.1, 0.15) is 42.6 Å². The molecule has 1 unspecified atom stereocenters. The van der Waals surface area contributed by atoms with Crippen LogP contribution < -0.4 is 10.6 Å². The third-order valence-corrected chi connectivity index (χ3v) is 4.44. The van der Waals surface area contributed by atoms with Crippen molar-refractivity contribution in [3.05, 3.63) is 65.7 Å². The molecule has 0 saturated carbocycles. The first kappa shape index (κ1) is 21.9. The molecule has 3 N–H and O–H groups in total. The van der Waals surface area contributed by atoms with Crippen LogP contribution in [0.3, 0.4) is 0 Å². The fourth-order valence-electron chi connectivity index (χ4n) is 2.92. The number of hydrogen-bond donors (Lipinski definition) is 3. The lowest BCUT2D eigenvalue weighted by Gasteiger charge is -2.29. The zero-order chi connectivity index (χ0) is 21.2. The van der Waals surface area contributed by atoms with Gasteiger partial charge in [-0.05, 0) is 43.2 Å². The molecule has 0 fully saturated rings. The van der Waals surface area contributed by atoms with Crippen LogP contribution in [0.4, 0.5) is 10.5 Å². The largest absolute Gasteiger partial charge is 0.478 e. The Kier molecular flexibility index (Phi) is 8.21. The highest BCUT2D eigenvalue weighted by Crippen LogP contribution is 2.11. The van der Waals surface area contributed by atoms with Crippen LogP contribution >= 0.6 is 0 Å². The zero-order valence-corrected chi connectivity index (χ0v) is 16.7. The van der Waals surface area contributed by atoms with E-state index in [-0.39, 0.29) is 36.5 Å². The highest BCUT2D eigenvalue weighted by atomic mass is 16.4. The van der Waals surface area contributed by atoms with E-state index in [9.17, 15) is 14.4 Å². The van der Waals surface area contributed by atoms with Crippen LogP contribution in [0, 0.1) is 0 Å². The first-order valence-corrected chi connectivity index (χ1v) is 9.62. The number of anilines is 1. The van der Waals surface area contributed by atoms with Gasteiger partial charge in [-0.25, -0.2) is 9.59 Å². The van der Waals surface area contributed by atoms with E-state index in [0.717, 1.165) is 17.7 Å². The van der Waals surface area contributed by atoms with Gasteiger partial charge in [0.15, 0.2) is 0 Å². The first-order chi connectivity index (χ1) is 13.9. The smallest absolute Gasteiger partial charge is 0.335 e. The normalized spacial score (nSPS) is 11.4. The van der Waals surface area contributed by atoms with Gasteiger partial charge in [-0.1, -0.05) is 37.3 Å². The molecule has 0 aromatic heterocycles. The second kappa shape index (κ2) is 10.8. The third-order valence-electron chi connectivity index (χ3n) is 4.44. The molecule has 0 aliphatic heterocycles. The van der Waals surface area contributed by atoms with Crippen molar-refractivity contribution in [3.63, 3.8) is 0 Å². The molecule has 0 spiro atoms. The van der Waals surface area contributed by atoms with Crippen molar-refractivity contribution in [1.29, 1.82) is 0 Å². The van der Waals surface area contributed by atoms with Gasteiger partial charge in [0, 0.05) is 31.2 Å². The molecule has 2 aromatic carbocycles. The summed E-state index contributed by atoms with van der Waals surface area (Å²) >= 11 is 0. The number of hydrogen-bond acceptors (Lipinski definition) is 3. The average Bonchev–Trinajstić information content (AvgIpc) is 2.71. The minimum Gasteiger partial charge on any atom is -0.478 e. The molecule has 1 atom stereocenters. The number of urea groups is 1. The van der Waals surface area contributed by atoms with Gasteiger partial charge in [-0.3, -0.25) is 4.79 Å². The Balaban J connectivity index is 1.91. The maximum absolute atomic E-state index is 12.7. The Morgan fingerprint density at radius 2 is 1.69 bits per heavy atom. The van der Waals surface area contributed by atoms with Crippen molar-refractivity contribution >= 4 is 23.6 Å². The van der Waals surface area contributed by atoms with Crippen molar-refractivity contribution in [3.8, 4) is 0 Å². The molecular formula is C22H27N3O4. The summed E-state index contributed by atoms with van der Waals surface area (Å²) in [5.74, 6) is -1.14. The summed E-state index contributed by atoms with van der Waals surface area (Å²) in [6.07, 6.45) is 0.959. The summed E-state index contributed by atoms with van der Waals surface area (Å²) in [6, 6.07) is 15.0. The fourth-order valence-corrected chi connectivity index (χ4v) is 2.92. The van der Waals surface area contributed by atoms with E-state index in [4.69, 9.17) is 5.11 Å². The van der Waals surface area contributed by atoms with Gasteiger partial charge in [0.1, 0.15) is 0 Å². The number of rotatable bonds is 9. The molecule has 0 saturated heterocycles. The number of nitrogens with zero attached hydrogens (tertiary/aromatic N) is 1. The third kappa shape index (κ3) is 6.95. The number of carboxylic acids is 1. The van der Waals surface area contributed by atoms with Crippen molar-refractivity contribution in [1.82, 2.24) is 10.2 Å². The van der Waals surface area contributed by atoms with Crippen molar-refractivity contribution in [2.24, 2.45) is 0 Å². The number of carbonyl (C=O) groups is 3. The van der Waals surface area contributed by atoms with E-state index in [2.05, 4.69) is 10.6 Å². The van der Waals surface area contributed by atoms with Crippen LogP contribution in [0.25, 0.3) is 0 Å². The maximum Gasteiger partial charge on any atom is 0.335 e. The first-order valence-electron chi connectivity index (χ1n) is 9.62. The molecule has 7 nitrogen and oxygen atoms in total. The van der Waals surface area contributed by atoms with Gasteiger partial charge in [-0.15, -0.1) is 0 Å². The Labute approximate surface area is 170 Å². The van der Waals surface area contributed by atoms with E-state index < -0.39 is 5.97 Å². The highest BCUT2D eigenvalue weighted by molar-refractivity contribution is 5.91. The Bertz CT molecular complexity index is 822. The van der Waals surface area contributed by atoms with Gasteiger partial charge >= 0.3 is 12.0 Å².